The number of fused-ring (bicyclic) bond motifs is 5. The molecule has 0 N–H and O–H groups in total. The number of nitrogens with zero attached hydrogens (tertiary/aromatic N) is 7. The zero-order chi connectivity index (χ0) is 22.5. The van der Waals surface area contributed by atoms with Crippen molar-refractivity contribution in [3.63, 3.8) is 0 Å². The van der Waals surface area contributed by atoms with Crippen molar-refractivity contribution >= 4 is 11.6 Å². The second-order valence-electron chi connectivity index (χ2n) is 8.39. The van der Waals surface area contributed by atoms with Crippen LogP contribution in [0.25, 0.3) is 23.0 Å². The first-order chi connectivity index (χ1) is 16.1. The fraction of sp³-hybridized carbons (Fsp3) is 0.208. The van der Waals surface area contributed by atoms with Crippen LogP contribution in [0, 0.1) is 0 Å². The summed E-state index contributed by atoms with van der Waals surface area (Å²) in [6.07, 6.45) is 3.01. The lowest BCUT2D eigenvalue weighted by atomic mass is 10.1. The summed E-state index contributed by atoms with van der Waals surface area (Å²) in [5.74, 6) is 1.23. The zero-order valence-corrected chi connectivity index (χ0v) is 18.9. The van der Waals surface area contributed by atoms with E-state index >= 15 is 0 Å². The molecule has 8 nitrogen and oxygen atoms in total. The molecule has 0 radical (unpaired) electrons. The van der Waals surface area contributed by atoms with Gasteiger partial charge in [0.1, 0.15) is 6.33 Å². The molecule has 9 heteroatoms. The predicted octanol–water partition coefficient (Wildman–Crippen LogP) is 4.77. The maximum Gasteiger partial charge on any atom is 0.278 e. The molecule has 164 valence electrons. The normalized spacial score (nSPS) is 12.4. The van der Waals surface area contributed by atoms with Gasteiger partial charge in [0, 0.05) is 23.8 Å². The van der Waals surface area contributed by atoms with Crippen molar-refractivity contribution in [2.75, 3.05) is 0 Å². The summed E-state index contributed by atoms with van der Waals surface area (Å²) in [5, 5.41) is 13.8. The highest BCUT2D eigenvalue weighted by molar-refractivity contribution is 6.30. The Kier molecular flexibility index (Phi) is 4.62. The SMILES string of the molecule is CC(C)c1noc(-c2ncn3c2Cc2c(Cc4ccccc4)nnn2-c2cc(Cl)ccc2-3)n1. The summed E-state index contributed by atoms with van der Waals surface area (Å²) in [6, 6.07) is 16.0. The number of imidazole rings is 1. The third kappa shape index (κ3) is 3.34. The fourth-order valence-electron chi connectivity index (χ4n) is 4.15. The number of halogens is 1. The van der Waals surface area contributed by atoms with Crippen molar-refractivity contribution in [3.05, 3.63) is 88.4 Å². The van der Waals surface area contributed by atoms with Gasteiger partial charge in [0.15, 0.2) is 11.5 Å². The van der Waals surface area contributed by atoms with Crippen LogP contribution >= 0.6 is 11.6 Å². The van der Waals surface area contributed by atoms with Crippen LogP contribution in [0.15, 0.2) is 59.4 Å². The molecule has 6 rings (SSSR count). The Hall–Kier alpha value is -3.78. The van der Waals surface area contributed by atoms with Gasteiger partial charge in [-0.2, -0.15) is 4.98 Å². The van der Waals surface area contributed by atoms with Crippen molar-refractivity contribution in [2.24, 2.45) is 0 Å². The van der Waals surface area contributed by atoms with Gasteiger partial charge in [0.2, 0.25) is 0 Å². The van der Waals surface area contributed by atoms with Crippen molar-refractivity contribution in [3.8, 4) is 23.0 Å². The quantitative estimate of drug-likeness (QED) is 0.378. The molecule has 0 saturated heterocycles. The molecule has 0 fully saturated rings. The molecule has 1 aliphatic heterocycles. The van der Waals surface area contributed by atoms with E-state index in [2.05, 4.69) is 37.6 Å². The van der Waals surface area contributed by atoms with Crippen molar-refractivity contribution in [1.29, 1.82) is 0 Å². The lowest BCUT2D eigenvalue weighted by molar-refractivity contribution is 0.418. The molecule has 2 aromatic carbocycles. The van der Waals surface area contributed by atoms with Crippen LogP contribution in [0.4, 0.5) is 0 Å². The van der Waals surface area contributed by atoms with E-state index in [-0.39, 0.29) is 5.92 Å². The first-order valence-corrected chi connectivity index (χ1v) is 11.1. The Bertz CT molecular complexity index is 1470. The third-order valence-corrected chi connectivity index (χ3v) is 6.08. The van der Waals surface area contributed by atoms with Crippen LogP contribution in [-0.4, -0.2) is 34.7 Å². The second kappa shape index (κ2) is 7.67. The van der Waals surface area contributed by atoms with E-state index in [4.69, 9.17) is 16.1 Å². The summed E-state index contributed by atoms with van der Waals surface area (Å²) in [6.45, 7) is 4.06. The summed E-state index contributed by atoms with van der Waals surface area (Å²) in [5.41, 5.74) is 6.41. The van der Waals surface area contributed by atoms with E-state index in [0.29, 0.717) is 35.3 Å². The van der Waals surface area contributed by atoms with Gasteiger partial charge in [-0.1, -0.05) is 66.2 Å². The molecule has 4 heterocycles. The summed E-state index contributed by atoms with van der Waals surface area (Å²) < 4.78 is 9.51. The molecule has 0 saturated carbocycles. The van der Waals surface area contributed by atoms with Crippen molar-refractivity contribution in [1.82, 2.24) is 34.7 Å². The molecular formula is C24H20ClN7O. The fourth-order valence-corrected chi connectivity index (χ4v) is 4.32. The van der Waals surface area contributed by atoms with Gasteiger partial charge in [-0.15, -0.1) is 5.10 Å². The molecule has 0 aliphatic carbocycles. The Morgan fingerprint density at radius 1 is 1.06 bits per heavy atom. The summed E-state index contributed by atoms with van der Waals surface area (Å²) >= 11 is 6.37. The van der Waals surface area contributed by atoms with Crippen LogP contribution in [-0.2, 0) is 12.8 Å². The Labute approximate surface area is 194 Å². The number of benzene rings is 2. The van der Waals surface area contributed by atoms with Gasteiger partial charge in [0.05, 0.1) is 28.5 Å². The zero-order valence-electron chi connectivity index (χ0n) is 18.1. The van der Waals surface area contributed by atoms with Crippen LogP contribution in [0.3, 0.4) is 0 Å². The van der Waals surface area contributed by atoms with Crippen LogP contribution in [0.2, 0.25) is 5.02 Å². The molecule has 0 spiro atoms. The number of hydrogen-bond donors (Lipinski definition) is 0. The molecule has 0 bridgehead atoms. The maximum absolute atomic E-state index is 6.37. The molecule has 1 aliphatic rings. The predicted molar refractivity (Wildman–Crippen MR) is 123 cm³/mol. The van der Waals surface area contributed by atoms with Gasteiger partial charge >= 0.3 is 0 Å². The van der Waals surface area contributed by atoms with E-state index < -0.39 is 0 Å². The molecule has 3 aromatic heterocycles. The van der Waals surface area contributed by atoms with E-state index in [1.54, 1.807) is 6.33 Å². The topological polar surface area (TPSA) is 87.5 Å². The lowest BCUT2D eigenvalue weighted by Gasteiger charge is -2.09. The molecule has 5 aromatic rings. The highest BCUT2D eigenvalue weighted by Gasteiger charge is 2.28. The average Bonchev–Trinajstić information content (AvgIpc) is 3.53. The molecule has 33 heavy (non-hydrogen) atoms. The van der Waals surface area contributed by atoms with Crippen LogP contribution in [0.5, 0.6) is 0 Å². The maximum atomic E-state index is 6.37. The van der Waals surface area contributed by atoms with E-state index in [1.807, 2.05) is 59.5 Å². The van der Waals surface area contributed by atoms with Gasteiger partial charge < -0.3 is 4.52 Å². The van der Waals surface area contributed by atoms with E-state index in [0.717, 1.165) is 28.5 Å². The van der Waals surface area contributed by atoms with Gasteiger partial charge in [-0.25, -0.2) is 9.67 Å². The molecular weight excluding hydrogens is 438 g/mol. The molecule has 0 amide bonds. The number of aromatic nitrogens is 7. The van der Waals surface area contributed by atoms with Gasteiger partial charge in [0.25, 0.3) is 5.89 Å². The molecule has 0 atom stereocenters. The van der Waals surface area contributed by atoms with Crippen LogP contribution in [0.1, 0.15) is 48.2 Å². The molecule has 0 unspecified atom stereocenters. The highest BCUT2D eigenvalue weighted by atomic mass is 35.5. The van der Waals surface area contributed by atoms with Gasteiger partial charge in [-0.05, 0) is 23.8 Å². The Morgan fingerprint density at radius 2 is 1.91 bits per heavy atom. The first-order valence-electron chi connectivity index (χ1n) is 10.8. The third-order valence-electron chi connectivity index (χ3n) is 5.85. The minimum absolute atomic E-state index is 0.162. The minimum Gasteiger partial charge on any atom is -0.332 e. The van der Waals surface area contributed by atoms with Crippen LogP contribution < -0.4 is 0 Å². The number of hydrogen-bond acceptors (Lipinski definition) is 6. The largest absolute Gasteiger partial charge is 0.332 e. The second-order valence-corrected chi connectivity index (χ2v) is 8.83. The number of rotatable bonds is 4. The Balaban J connectivity index is 1.53. The monoisotopic (exact) mass is 457 g/mol. The highest BCUT2D eigenvalue weighted by Crippen LogP contribution is 2.34. The standard InChI is InChI=1S/C24H20ClN7O/c1-14(2)23-27-24(33-29-23)22-21-12-19-17(10-15-6-4-3-5-7-15)28-30-32(19)20-11-16(25)8-9-18(20)31(21)13-26-22/h3-9,11,13-14H,10,12H2,1-2H3. The smallest absolute Gasteiger partial charge is 0.278 e. The lowest BCUT2D eigenvalue weighted by Crippen LogP contribution is -2.04. The minimum atomic E-state index is 0.162. The van der Waals surface area contributed by atoms with Crippen molar-refractivity contribution in [2.45, 2.75) is 32.6 Å². The van der Waals surface area contributed by atoms with Crippen molar-refractivity contribution < 1.29 is 4.52 Å². The summed E-state index contributed by atoms with van der Waals surface area (Å²) in [4.78, 5) is 9.24. The van der Waals surface area contributed by atoms with E-state index in [9.17, 15) is 0 Å². The average molecular weight is 458 g/mol. The summed E-state index contributed by atoms with van der Waals surface area (Å²) in [7, 11) is 0. The Morgan fingerprint density at radius 3 is 2.70 bits per heavy atom. The first kappa shape index (κ1) is 19.9. The van der Waals surface area contributed by atoms with Gasteiger partial charge in [-0.3, -0.25) is 4.57 Å². The van der Waals surface area contributed by atoms with E-state index in [1.165, 1.54) is 5.56 Å².